The summed E-state index contributed by atoms with van der Waals surface area (Å²) in [5.41, 5.74) is 0. The summed E-state index contributed by atoms with van der Waals surface area (Å²) in [6.45, 7) is 0. The summed E-state index contributed by atoms with van der Waals surface area (Å²) in [6, 6.07) is 0. The van der Waals surface area contributed by atoms with Crippen LogP contribution in [-0.4, -0.2) is 58.8 Å². The zero-order valence-electron chi connectivity index (χ0n) is 2.41. The Labute approximate surface area is 58.5 Å². The third kappa shape index (κ3) is 9.68. The van der Waals surface area contributed by atoms with Crippen molar-refractivity contribution in [2.75, 3.05) is 0 Å². The van der Waals surface area contributed by atoms with Gasteiger partial charge in [0.25, 0.3) is 0 Å². The minimum absolute atomic E-state index is 0. The van der Waals surface area contributed by atoms with Crippen molar-refractivity contribution in [1.29, 1.82) is 0 Å². The number of rotatable bonds is 0. The second-order valence-electron chi connectivity index (χ2n) is 0. The third-order valence-corrected chi connectivity index (χ3v) is 0. The van der Waals surface area contributed by atoms with Gasteiger partial charge in [-0.1, -0.05) is 0 Å². The van der Waals surface area contributed by atoms with E-state index in [1.807, 2.05) is 0 Å². The van der Waals surface area contributed by atoms with Crippen LogP contribution in [0.25, 0.3) is 0 Å². The average molecular weight is 277 g/mol. The summed E-state index contributed by atoms with van der Waals surface area (Å²) < 4.78 is 0. The van der Waals surface area contributed by atoms with Crippen LogP contribution in [0.3, 0.4) is 0 Å². The van der Waals surface area contributed by atoms with Gasteiger partial charge in [0, 0.05) is 0 Å². The predicted octanol–water partition coefficient (Wildman–Crippen LogP) is -3.48. The standard InChI is InChI=1S/2H2O.2Sn.4H/h2*1H2;;;;;;. The Hall–Kier alpha value is 1.52. The van der Waals surface area contributed by atoms with E-state index in [9.17, 15) is 0 Å². The fourth-order valence-electron chi connectivity index (χ4n) is 0. The molecule has 0 aliphatic carbocycles. The molecule has 4 heavy (non-hydrogen) atoms. The van der Waals surface area contributed by atoms with E-state index in [0.29, 0.717) is 0 Å². The first kappa shape index (κ1) is 48.9. The summed E-state index contributed by atoms with van der Waals surface area (Å²) in [5, 5.41) is 0. The normalized spacial score (nSPS) is 0. The Balaban J connectivity index is 0. The van der Waals surface area contributed by atoms with Crippen LogP contribution in [0.15, 0.2) is 0 Å². The molecule has 0 amide bonds. The van der Waals surface area contributed by atoms with Crippen molar-refractivity contribution in [3.05, 3.63) is 0 Å². The molecular formula is H8O2Sn2. The molecule has 0 rings (SSSR count). The first-order chi connectivity index (χ1) is 0. The molecule has 4 N–H and O–H groups in total. The van der Waals surface area contributed by atoms with Gasteiger partial charge < -0.3 is 11.0 Å². The molecule has 0 spiro atoms. The Kier molecular flexibility index (Phi) is 297. The summed E-state index contributed by atoms with van der Waals surface area (Å²) in [4.78, 5) is 0. The molecule has 0 aromatic carbocycles. The van der Waals surface area contributed by atoms with Gasteiger partial charge in [0.15, 0.2) is 0 Å². The molecule has 0 aromatic heterocycles. The van der Waals surface area contributed by atoms with Crippen molar-refractivity contribution in [2.24, 2.45) is 0 Å². The van der Waals surface area contributed by atoms with Gasteiger partial charge in [0.05, 0.1) is 0 Å². The predicted molar refractivity (Wildman–Crippen MR) is 24.3 cm³/mol. The molecule has 0 aliphatic rings. The van der Waals surface area contributed by atoms with Gasteiger partial charge in [0.2, 0.25) is 0 Å². The molecule has 0 fully saturated rings. The van der Waals surface area contributed by atoms with Crippen LogP contribution < -0.4 is 0 Å². The third-order valence-electron chi connectivity index (χ3n) is 0. The van der Waals surface area contributed by atoms with Gasteiger partial charge in [-0.3, -0.25) is 0 Å². The van der Waals surface area contributed by atoms with Crippen LogP contribution in [0.1, 0.15) is 0 Å². The molecule has 0 aliphatic heterocycles. The van der Waals surface area contributed by atoms with E-state index in [0.717, 1.165) is 0 Å². The number of hydrogen-bond acceptors (Lipinski definition) is 0. The monoisotopic (exact) mass is 280 g/mol. The fraction of sp³-hybridized carbons (Fsp3) is 0. The molecule has 0 saturated heterocycles. The summed E-state index contributed by atoms with van der Waals surface area (Å²) in [5.74, 6) is 0. The second-order valence-corrected chi connectivity index (χ2v) is 0. The molecule has 28 valence electrons. The van der Waals surface area contributed by atoms with Crippen molar-refractivity contribution in [2.45, 2.75) is 0 Å². The Bertz CT molecular complexity index is 4.00. The molecule has 0 saturated carbocycles. The van der Waals surface area contributed by atoms with E-state index in [4.69, 9.17) is 0 Å². The maximum atomic E-state index is 0. The van der Waals surface area contributed by atoms with Crippen molar-refractivity contribution < 1.29 is 11.0 Å². The van der Waals surface area contributed by atoms with E-state index in [2.05, 4.69) is 0 Å². The Morgan fingerprint density at radius 2 is 0.500 bits per heavy atom. The van der Waals surface area contributed by atoms with Crippen LogP contribution in [0.2, 0.25) is 0 Å². The van der Waals surface area contributed by atoms with Gasteiger partial charge in [-0.15, -0.1) is 0 Å². The van der Waals surface area contributed by atoms with Crippen LogP contribution in [-0.2, 0) is 0 Å². The van der Waals surface area contributed by atoms with Crippen molar-refractivity contribution >= 4 is 47.8 Å². The van der Waals surface area contributed by atoms with Crippen LogP contribution in [0, 0.1) is 0 Å². The molecule has 0 heterocycles. The first-order valence-electron chi connectivity index (χ1n) is 0. The van der Waals surface area contributed by atoms with Crippen molar-refractivity contribution in [3.63, 3.8) is 0 Å². The van der Waals surface area contributed by atoms with E-state index < -0.39 is 0 Å². The summed E-state index contributed by atoms with van der Waals surface area (Å²) in [6.07, 6.45) is 0. The zero-order chi connectivity index (χ0) is 0. The summed E-state index contributed by atoms with van der Waals surface area (Å²) in [7, 11) is 0. The van der Waals surface area contributed by atoms with E-state index in [-0.39, 0.29) is 58.8 Å². The van der Waals surface area contributed by atoms with Crippen LogP contribution in [0.4, 0.5) is 0 Å². The molecular weight excluding hydrogens is 269 g/mol. The molecule has 0 aromatic rings. The fourth-order valence-corrected chi connectivity index (χ4v) is 0. The molecule has 0 atom stereocenters. The van der Waals surface area contributed by atoms with Crippen molar-refractivity contribution in [1.82, 2.24) is 0 Å². The Morgan fingerprint density at radius 1 is 0.500 bits per heavy atom. The molecule has 0 unspecified atom stereocenters. The van der Waals surface area contributed by atoms with E-state index in [1.54, 1.807) is 0 Å². The second kappa shape index (κ2) is 24.3. The number of hydrogen-bond donors (Lipinski definition) is 0. The molecule has 0 bridgehead atoms. The Morgan fingerprint density at radius 3 is 0.500 bits per heavy atom. The van der Waals surface area contributed by atoms with Crippen molar-refractivity contribution in [3.8, 4) is 0 Å². The quantitative estimate of drug-likeness (QED) is 0.413. The molecule has 2 nitrogen and oxygen atoms in total. The first-order valence-corrected chi connectivity index (χ1v) is 0. The van der Waals surface area contributed by atoms with Crippen LogP contribution >= 0.6 is 0 Å². The molecule has 4 heteroatoms. The van der Waals surface area contributed by atoms with Gasteiger partial charge in [0.1, 0.15) is 0 Å². The van der Waals surface area contributed by atoms with Gasteiger partial charge in [-0.25, -0.2) is 0 Å². The van der Waals surface area contributed by atoms with E-state index in [1.165, 1.54) is 0 Å². The molecule has 4 radical (unpaired) electrons. The zero-order valence-corrected chi connectivity index (χ0v) is 10.5. The van der Waals surface area contributed by atoms with E-state index >= 15 is 0 Å². The maximum absolute atomic E-state index is 0. The van der Waals surface area contributed by atoms with Gasteiger partial charge >= 0.3 is 47.8 Å². The van der Waals surface area contributed by atoms with Gasteiger partial charge in [-0.05, 0) is 0 Å². The topological polar surface area (TPSA) is 63.0 Å². The summed E-state index contributed by atoms with van der Waals surface area (Å²) >= 11 is 0. The average Bonchev–Trinajstić information content (AvgIpc) is 0. The SMILES string of the molecule is O.O.[SnH2].[SnH2]. The minimum atomic E-state index is 0. The van der Waals surface area contributed by atoms with Crippen LogP contribution in [0.5, 0.6) is 0 Å². The van der Waals surface area contributed by atoms with Gasteiger partial charge in [-0.2, -0.15) is 0 Å².